The lowest BCUT2D eigenvalue weighted by atomic mass is 10.0. The highest BCUT2D eigenvalue weighted by atomic mass is 32.2. The number of nitrogens with one attached hydrogen (secondary N) is 1. The van der Waals surface area contributed by atoms with Gasteiger partial charge < -0.3 is 9.69 Å². The Morgan fingerprint density at radius 2 is 2.20 bits per heavy atom. The van der Waals surface area contributed by atoms with Crippen molar-refractivity contribution >= 4 is 27.9 Å². The fraction of sp³-hybridized carbons (Fsp3) is 0.385. The van der Waals surface area contributed by atoms with Gasteiger partial charge in [-0.3, -0.25) is 4.79 Å². The Labute approximate surface area is 117 Å². The summed E-state index contributed by atoms with van der Waals surface area (Å²) in [6.07, 6.45) is 2.03. The number of hydrogen-bond donors (Lipinski definition) is 1. The summed E-state index contributed by atoms with van der Waals surface area (Å²) in [5, 5.41) is 0. The zero-order chi connectivity index (χ0) is 14.8. The second-order valence-corrected chi connectivity index (χ2v) is 6.35. The van der Waals surface area contributed by atoms with E-state index >= 15 is 0 Å². The van der Waals surface area contributed by atoms with E-state index in [4.69, 9.17) is 0 Å². The van der Waals surface area contributed by atoms with Gasteiger partial charge >= 0.3 is 0 Å². The third-order valence-corrected chi connectivity index (χ3v) is 4.64. The summed E-state index contributed by atoms with van der Waals surface area (Å²) in [5.74, 6) is -0.0550. The topological polar surface area (TPSA) is 83.6 Å². The molecule has 0 aliphatic carbocycles. The minimum absolute atomic E-state index is 0.0550. The van der Waals surface area contributed by atoms with E-state index in [1.165, 1.54) is 13.0 Å². The Morgan fingerprint density at radius 1 is 1.45 bits per heavy atom. The van der Waals surface area contributed by atoms with Gasteiger partial charge in [0.15, 0.2) is 0 Å². The predicted octanol–water partition coefficient (Wildman–Crippen LogP) is 0.463. The molecule has 0 fully saturated rings. The predicted molar refractivity (Wildman–Crippen MR) is 74.0 cm³/mol. The summed E-state index contributed by atoms with van der Waals surface area (Å²) < 4.78 is 26.1. The number of rotatable bonds is 4. The fourth-order valence-electron chi connectivity index (χ4n) is 2.29. The molecule has 0 unspecified atom stereocenters. The van der Waals surface area contributed by atoms with Crippen LogP contribution in [0.2, 0.25) is 0 Å². The Morgan fingerprint density at radius 3 is 2.85 bits per heavy atom. The molecule has 1 aromatic rings. The molecule has 1 N–H and O–H groups in total. The highest BCUT2D eigenvalue weighted by Crippen LogP contribution is 2.29. The largest absolute Gasteiger partial charge is 0.312 e. The summed E-state index contributed by atoms with van der Waals surface area (Å²) in [7, 11) is -3.68. The van der Waals surface area contributed by atoms with E-state index in [-0.39, 0.29) is 17.3 Å². The number of nitrogens with zero attached hydrogens (tertiary/aromatic N) is 1. The van der Waals surface area contributed by atoms with Crippen molar-refractivity contribution in [2.75, 3.05) is 18.0 Å². The van der Waals surface area contributed by atoms with E-state index in [0.717, 1.165) is 24.1 Å². The van der Waals surface area contributed by atoms with Crippen LogP contribution in [0.3, 0.4) is 0 Å². The first-order valence-corrected chi connectivity index (χ1v) is 7.78. The minimum atomic E-state index is -3.68. The number of aldehydes is 1. The first-order valence-electron chi connectivity index (χ1n) is 6.30. The lowest BCUT2D eigenvalue weighted by Gasteiger charge is -2.28. The molecule has 1 aliphatic heterocycles. The smallest absolute Gasteiger partial charge is 0.240 e. The van der Waals surface area contributed by atoms with Crippen molar-refractivity contribution in [3.8, 4) is 0 Å². The molecule has 1 amide bonds. The van der Waals surface area contributed by atoms with Crippen LogP contribution < -0.4 is 9.62 Å². The number of benzene rings is 1. The number of carbonyl (C=O) groups is 2. The molecule has 1 aromatic carbocycles. The lowest BCUT2D eigenvalue weighted by Crippen LogP contribution is -2.33. The molecule has 0 aromatic heterocycles. The van der Waals surface area contributed by atoms with Gasteiger partial charge in [0.05, 0.1) is 11.4 Å². The van der Waals surface area contributed by atoms with Crippen LogP contribution in [0.5, 0.6) is 0 Å². The molecule has 0 radical (unpaired) electrons. The van der Waals surface area contributed by atoms with E-state index in [1.54, 1.807) is 17.0 Å². The van der Waals surface area contributed by atoms with E-state index in [2.05, 4.69) is 4.72 Å². The lowest BCUT2D eigenvalue weighted by molar-refractivity contribution is -0.116. The maximum atomic E-state index is 11.9. The number of fused-ring (bicyclic) bond motifs is 1. The number of amides is 1. The SMILES string of the molecule is CC(=O)N1CCCc2cc(S(=O)(=O)NCC=O)ccc21. The first kappa shape index (κ1) is 14.7. The summed E-state index contributed by atoms with van der Waals surface area (Å²) >= 11 is 0. The third-order valence-electron chi connectivity index (χ3n) is 3.22. The summed E-state index contributed by atoms with van der Waals surface area (Å²) in [5.41, 5.74) is 1.60. The number of carbonyl (C=O) groups excluding carboxylic acids is 2. The Balaban J connectivity index is 2.37. The van der Waals surface area contributed by atoms with Crippen molar-refractivity contribution in [2.24, 2.45) is 0 Å². The van der Waals surface area contributed by atoms with Crippen LogP contribution in [-0.2, 0) is 26.0 Å². The summed E-state index contributed by atoms with van der Waals surface area (Å²) in [6.45, 7) is 1.89. The van der Waals surface area contributed by atoms with Crippen molar-refractivity contribution < 1.29 is 18.0 Å². The zero-order valence-corrected chi connectivity index (χ0v) is 11.9. The Kier molecular flexibility index (Phi) is 4.20. The van der Waals surface area contributed by atoms with Gasteiger partial charge in [-0.2, -0.15) is 0 Å². The van der Waals surface area contributed by atoms with Gasteiger partial charge in [0.25, 0.3) is 0 Å². The maximum Gasteiger partial charge on any atom is 0.240 e. The Bertz CT molecular complexity index is 640. The average Bonchev–Trinajstić information content (AvgIpc) is 2.43. The normalized spacial score (nSPS) is 14.8. The molecule has 0 saturated carbocycles. The molecule has 0 atom stereocenters. The van der Waals surface area contributed by atoms with Crippen molar-refractivity contribution in [1.29, 1.82) is 0 Å². The van der Waals surface area contributed by atoms with Crippen LogP contribution in [0.15, 0.2) is 23.1 Å². The molecule has 108 valence electrons. The minimum Gasteiger partial charge on any atom is -0.312 e. The molecule has 1 aliphatic rings. The molecular formula is C13H16N2O4S. The molecular weight excluding hydrogens is 280 g/mol. The van der Waals surface area contributed by atoms with Crippen molar-refractivity contribution in [1.82, 2.24) is 4.72 Å². The molecule has 6 nitrogen and oxygen atoms in total. The van der Waals surface area contributed by atoms with Crippen molar-refractivity contribution in [3.05, 3.63) is 23.8 Å². The Hall–Kier alpha value is -1.73. The van der Waals surface area contributed by atoms with E-state index in [1.807, 2.05) is 0 Å². The van der Waals surface area contributed by atoms with Crippen molar-refractivity contribution in [3.63, 3.8) is 0 Å². The monoisotopic (exact) mass is 296 g/mol. The van der Waals surface area contributed by atoms with Gasteiger partial charge in [0.1, 0.15) is 6.29 Å². The van der Waals surface area contributed by atoms with Crippen LogP contribution in [0, 0.1) is 0 Å². The van der Waals surface area contributed by atoms with E-state index in [9.17, 15) is 18.0 Å². The second-order valence-electron chi connectivity index (χ2n) is 4.58. The molecule has 20 heavy (non-hydrogen) atoms. The number of hydrogen-bond acceptors (Lipinski definition) is 4. The standard InChI is InChI=1S/C13H16N2O4S/c1-10(17)15-7-2-3-11-9-12(4-5-13(11)15)20(18,19)14-6-8-16/h4-5,8-9,14H,2-3,6-7H2,1H3. The summed E-state index contributed by atoms with van der Waals surface area (Å²) in [4.78, 5) is 23.6. The average molecular weight is 296 g/mol. The molecule has 0 bridgehead atoms. The van der Waals surface area contributed by atoms with Gasteiger partial charge in [-0.05, 0) is 36.6 Å². The molecule has 1 heterocycles. The van der Waals surface area contributed by atoms with Gasteiger partial charge in [0, 0.05) is 19.2 Å². The van der Waals surface area contributed by atoms with Gasteiger partial charge in [0.2, 0.25) is 15.9 Å². The quantitative estimate of drug-likeness (QED) is 0.818. The van der Waals surface area contributed by atoms with Gasteiger partial charge in [-0.1, -0.05) is 0 Å². The molecule has 0 saturated heterocycles. The van der Waals surface area contributed by atoms with Crippen LogP contribution in [0.4, 0.5) is 5.69 Å². The molecule has 0 spiro atoms. The molecule has 7 heteroatoms. The second kappa shape index (κ2) is 5.72. The van der Waals surface area contributed by atoms with Crippen LogP contribution in [-0.4, -0.2) is 33.7 Å². The van der Waals surface area contributed by atoms with Crippen molar-refractivity contribution in [2.45, 2.75) is 24.7 Å². The van der Waals surface area contributed by atoms with E-state index in [0.29, 0.717) is 12.8 Å². The van der Waals surface area contributed by atoms with Gasteiger partial charge in [-0.15, -0.1) is 0 Å². The van der Waals surface area contributed by atoms with Crippen LogP contribution >= 0.6 is 0 Å². The maximum absolute atomic E-state index is 11.9. The highest BCUT2D eigenvalue weighted by molar-refractivity contribution is 7.89. The highest BCUT2D eigenvalue weighted by Gasteiger charge is 2.22. The number of sulfonamides is 1. The van der Waals surface area contributed by atoms with Gasteiger partial charge in [-0.25, -0.2) is 13.1 Å². The number of aryl methyl sites for hydroxylation is 1. The molecule has 2 rings (SSSR count). The van der Waals surface area contributed by atoms with Crippen LogP contribution in [0.25, 0.3) is 0 Å². The van der Waals surface area contributed by atoms with Crippen LogP contribution in [0.1, 0.15) is 18.9 Å². The zero-order valence-electron chi connectivity index (χ0n) is 11.1. The third kappa shape index (κ3) is 2.88. The number of anilines is 1. The first-order chi connectivity index (χ1) is 9.45. The fourth-order valence-corrected chi connectivity index (χ4v) is 3.29. The van der Waals surface area contributed by atoms with E-state index < -0.39 is 10.0 Å². The summed E-state index contributed by atoms with van der Waals surface area (Å²) in [6, 6.07) is 4.66.